The number of carbonyl (C=O) groups is 2. The maximum atomic E-state index is 12.4. The highest BCUT2D eigenvalue weighted by Gasteiger charge is 2.30. The summed E-state index contributed by atoms with van der Waals surface area (Å²) in [4.78, 5) is 24.6. The topological polar surface area (TPSA) is 88.4 Å². The number of benzene rings is 2. The van der Waals surface area contributed by atoms with Crippen LogP contribution >= 0.6 is 11.6 Å². The molecular weight excluding hydrogens is 368 g/mol. The molecule has 0 saturated carbocycles. The van der Waals surface area contributed by atoms with Crippen LogP contribution in [-0.2, 0) is 20.7 Å². The number of halogens is 1. The highest BCUT2D eigenvalue weighted by Crippen LogP contribution is 2.30. The molecule has 0 unspecified atom stereocenters. The Morgan fingerprint density at radius 3 is 2.74 bits per heavy atom. The molecule has 0 radical (unpaired) electrons. The highest BCUT2D eigenvalue weighted by atomic mass is 35.5. The molecule has 1 amide bonds. The maximum Gasteiger partial charge on any atom is 0.313 e. The van der Waals surface area contributed by atoms with Crippen molar-refractivity contribution >= 4 is 29.2 Å². The third-order valence-corrected chi connectivity index (χ3v) is 4.44. The molecule has 7 heteroatoms. The first-order chi connectivity index (χ1) is 13.0. The maximum absolute atomic E-state index is 12.4. The fraction of sp³-hybridized carbons (Fsp3) is 0.250. The smallest absolute Gasteiger partial charge is 0.313 e. The van der Waals surface area contributed by atoms with Gasteiger partial charge in [0.25, 0.3) is 5.91 Å². The number of hydrogen-bond donors (Lipinski definition) is 1. The van der Waals surface area contributed by atoms with Crippen LogP contribution in [0.4, 0.5) is 5.69 Å². The van der Waals surface area contributed by atoms with E-state index in [-0.39, 0.29) is 6.61 Å². The zero-order chi connectivity index (χ0) is 19.4. The van der Waals surface area contributed by atoms with Crippen LogP contribution in [0.5, 0.6) is 5.75 Å². The summed E-state index contributed by atoms with van der Waals surface area (Å²) in [6.07, 6.45) is -0.521. The lowest BCUT2D eigenvalue weighted by atomic mass is 9.97. The van der Waals surface area contributed by atoms with Gasteiger partial charge in [0.1, 0.15) is 12.4 Å². The van der Waals surface area contributed by atoms with Crippen LogP contribution in [-0.4, -0.2) is 24.6 Å². The van der Waals surface area contributed by atoms with E-state index in [1.165, 1.54) is 6.92 Å². The zero-order valence-electron chi connectivity index (χ0n) is 14.6. The quantitative estimate of drug-likeness (QED) is 0.817. The first-order valence-corrected chi connectivity index (χ1v) is 8.77. The van der Waals surface area contributed by atoms with E-state index in [0.29, 0.717) is 28.4 Å². The molecule has 1 aliphatic rings. The Morgan fingerprint density at radius 2 is 2.04 bits per heavy atom. The minimum Gasteiger partial charge on any atom is -0.492 e. The van der Waals surface area contributed by atoms with Crippen molar-refractivity contribution < 1.29 is 19.1 Å². The molecule has 1 heterocycles. The number of rotatable bonds is 4. The fourth-order valence-corrected chi connectivity index (χ4v) is 2.91. The average Bonchev–Trinajstić information content (AvgIpc) is 2.67. The number of fused-ring (bicyclic) bond motifs is 1. The van der Waals surface area contributed by atoms with Crippen molar-refractivity contribution in [2.45, 2.75) is 19.4 Å². The first kappa shape index (κ1) is 18.7. The predicted octanol–water partition coefficient (Wildman–Crippen LogP) is 3.33. The number of ether oxygens (including phenoxy) is 2. The molecule has 6 nitrogen and oxygen atoms in total. The summed E-state index contributed by atoms with van der Waals surface area (Å²) < 4.78 is 10.9. The van der Waals surface area contributed by atoms with Crippen LogP contribution in [0.2, 0.25) is 5.02 Å². The zero-order valence-corrected chi connectivity index (χ0v) is 15.3. The summed E-state index contributed by atoms with van der Waals surface area (Å²) in [5.41, 5.74) is 1.85. The number of nitriles is 1. The van der Waals surface area contributed by atoms with Gasteiger partial charge in [-0.3, -0.25) is 9.59 Å². The van der Waals surface area contributed by atoms with Gasteiger partial charge in [0.15, 0.2) is 6.10 Å². The molecule has 2 aromatic rings. The molecule has 0 aliphatic carbocycles. The van der Waals surface area contributed by atoms with E-state index >= 15 is 0 Å². The fourth-order valence-electron chi connectivity index (χ4n) is 2.71. The summed E-state index contributed by atoms with van der Waals surface area (Å²) in [5.74, 6) is -0.743. The lowest BCUT2D eigenvalue weighted by Crippen LogP contribution is -2.36. The normalized spacial score (nSPS) is 16.3. The summed E-state index contributed by atoms with van der Waals surface area (Å²) in [5, 5.41) is 12.0. The molecule has 0 bridgehead atoms. The van der Waals surface area contributed by atoms with Crippen LogP contribution in [0.1, 0.15) is 18.1 Å². The molecule has 0 fully saturated rings. The molecule has 0 spiro atoms. The molecule has 3 rings (SSSR count). The molecule has 27 heavy (non-hydrogen) atoms. The van der Waals surface area contributed by atoms with Crippen LogP contribution < -0.4 is 10.1 Å². The van der Waals surface area contributed by atoms with Gasteiger partial charge >= 0.3 is 5.97 Å². The van der Waals surface area contributed by atoms with E-state index in [9.17, 15) is 9.59 Å². The molecule has 138 valence electrons. The number of nitrogens with zero attached hydrogens (tertiary/aromatic N) is 1. The van der Waals surface area contributed by atoms with Crippen molar-refractivity contribution in [3.05, 3.63) is 58.6 Å². The van der Waals surface area contributed by atoms with Gasteiger partial charge in [0.2, 0.25) is 0 Å². The van der Waals surface area contributed by atoms with Gasteiger partial charge in [0, 0.05) is 10.7 Å². The summed E-state index contributed by atoms with van der Waals surface area (Å²) >= 11 is 5.98. The van der Waals surface area contributed by atoms with Gasteiger partial charge in [-0.2, -0.15) is 5.26 Å². The van der Waals surface area contributed by atoms with Crippen LogP contribution in [0.25, 0.3) is 0 Å². The number of esters is 1. The molecule has 2 aromatic carbocycles. The van der Waals surface area contributed by atoms with E-state index in [1.54, 1.807) is 42.5 Å². The van der Waals surface area contributed by atoms with Crippen LogP contribution in [0.15, 0.2) is 42.5 Å². The Labute approximate surface area is 161 Å². The van der Waals surface area contributed by atoms with E-state index in [4.69, 9.17) is 26.3 Å². The standard InChI is InChI=1S/C20H17ClN2O4/c1-12(19(24)23-17-5-2-13(10-22)3-6-17)27-20(25)15-8-14-9-16(21)4-7-18(14)26-11-15/h2-7,9,12,15H,8,11H2,1H3,(H,23,24)/t12-,15+/m0/s1. The summed E-state index contributed by atoms with van der Waals surface area (Å²) in [7, 11) is 0. The van der Waals surface area contributed by atoms with Crippen molar-refractivity contribution in [3.8, 4) is 11.8 Å². The molecule has 2 atom stereocenters. The molecule has 1 aliphatic heterocycles. The number of nitrogens with one attached hydrogen (secondary N) is 1. The summed E-state index contributed by atoms with van der Waals surface area (Å²) in [6, 6.07) is 13.7. The third-order valence-electron chi connectivity index (χ3n) is 4.21. The number of hydrogen-bond acceptors (Lipinski definition) is 5. The van der Waals surface area contributed by atoms with Gasteiger partial charge < -0.3 is 14.8 Å². The van der Waals surface area contributed by atoms with Crippen molar-refractivity contribution in [1.82, 2.24) is 0 Å². The molecule has 0 saturated heterocycles. The van der Waals surface area contributed by atoms with E-state index in [0.717, 1.165) is 5.56 Å². The van der Waals surface area contributed by atoms with Gasteiger partial charge in [-0.25, -0.2) is 0 Å². The Kier molecular flexibility index (Phi) is 5.63. The largest absolute Gasteiger partial charge is 0.492 e. The second kappa shape index (κ2) is 8.11. The van der Waals surface area contributed by atoms with E-state index in [1.807, 2.05) is 6.07 Å². The Hall–Kier alpha value is -3.04. The molecular formula is C20H17ClN2O4. The van der Waals surface area contributed by atoms with E-state index < -0.39 is 23.9 Å². The van der Waals surface area contributed by atoms with Gasteiger partial charge in [-0.05, 0) is 61.4 Å². The van der Waals surface area contributed by atoms with Gasteiger partial charge in [0.05, 0.1) is 17.6 Å². The Morgan fingerprint density at radius 1 is 1.30 bits per heavy atom. The number of amides is 1. The third kappa shape index (κ3) is 4.57. The van der Waals surface area contributed by atoms with Crippen molar-refractivity contribution in [2.75, 3.05) is 11.9 Å². The predicted molar refractivity (Wildman–Crippen MR) is 99.5 cm³/mol. The lowest BCUT2D eigenvalue weighted by molar-refractivity contribution is -0.158. The minimum absolute atomic E-state index is 0.192. The number of anilines is 1. The van der Waals surface area contributed by atoms with Gasteiger partial charge in [-0.15, -0.1) is 0 Å². The van der Waals surface area contributed by atoms with Gasteiger partial charge in [-0.1, -0.05) is 11.6 Å². The summed E-state index contributed by atoms with van der Waals surface area (Å²) in [6.45, 7) is 1.70. The molecule has 1 N–H and O–H groups in total. The first-order valence-electron chi connectivity index (χ1n) is 8.39. The van der Waals surface area contributed by atoms with Crippen LogP contribution in [0, 0.1) is 17.2 Å². The highest BCUT2D eigenvalue weighted by molar-refractivity contribution is 6.30. The molecule has 0 aromatic heterocycles. The van der Waals surface area contributed by atoms with Crippen LogP contribution in [0.3, 0.4) is 0 Å². The lowest BCUT2D eigenvalue weighted by Gasteiger charge is -2.25. The monoisotopic (exact) mass is 384 g/mol. The second-order valence-corrected chi connectivity index (χ2v) is 6.66. The Bertz CT molecular complexity index is 905. The second-order valence-electron chi connectivity index (χ2n) is 6.22. The van der Waals surface area contributed by atoms with Crippen molar-refractivity contribution in [3.63, 3.8) is 0 Å². The Balaban J connectivity index is 1.57. The minimum atomic E-state index is -0.964. The number of carbonyl (C=O) groups excluding carboxylic acids is 2. The van der Waals surface area contributed by atoms with E-state index in [2.05, 4.69) is 5.32 Å². The average molecular weight is 385 g/mol. The van der Waals surface area contributed by atoms with Crippen molar-refractivity contribution in [1.29, 1.82) is 5.26 Å². The van der Waals surface area contributed by atoms with Crippen molar-refractivity contribution in [2.24, 2.45) is 5.92 Å². The SMILES string of the molecule is C[C@H](OC(=O)[C@H]1COc2ccc(Cl)cc2C1)C(=O)Nc1ccc(C#N)cc1.